The highest BCUT2D eigenvalue weighted by Crippen LogP contribution is 2.32. The Balaban J connectivity index is 1.50. The topological polar surface area (TPSA) is 93.6 Å². The van der Waals surface area contributed by atoms with E-state index in [9.17, 15) is 14.4 Å². The van der Waals surface area contributed by atoms with Crippen LogP contribution in [0.15, 0.2) is 58.3 Å². The van der Waals surface area contributed by atoms with E-state index in [-0.39, 0.29) is 18.9 Å². The van der Waals surface area contributed by atoms with Gasteiger partial charge >= 0.3 is 5.69 Å². The lowest BCUT2D eigenvalue weighted by Crippen LogP contribution is -2.43. The molecule has 8 nitrogen and oxygen atoms in total. The largest absolute Gasteiger partial charge is 0.454 e. The lowest BCUT2D eigenvalue weighted by molar-refractivity contribution is 0.0982. The van der Waals surface area contributed by atoms with Gasteiger partial charge in [0.1, 0.15) is 5.56 Å². The third-order valence-electron chi connectivity index (χ3n) is 5.42. The summed E-state index contributed by atoms with van der Waals surface area (Å²) in [6.45, 7) is 0.680. The van der Waals surface area contributed by atoms with Crippen LogP contribution in [0.25, 0.3) is 0 Å². The predicted molar refractivity (Wildman–Crippen MR) is 109 cm³/mol. The Hall–Kier alpha value is -3.81. The van der Waals surface area contributed by atoms with Crippen molar-refractivity contribution in [1.29, 1.82) is 0 Å². The monoisotopic (exact) mass is 405 g/mol. The van der Waals surface area contributed by atoms with Crippen molar-refractivity contribution in [3.8, 4) is 11.5 Å². The van der Waals surface area contributed by atoms with Crippen molar-refractivity contribution < 1.29 is 14.3 Å². The van der Waals surface area contributed by atoms with Crippen molar-refractivity contribution in [2.45, 2.75) is 19.4 Å². The van der Waals surface area contributed by atoms with Gasteiger partial charge < -0.3 is 19.4 Å². The molecule has 2 aromatic carbocycles. The van der Waals surface area contributed by atoms with E-state index in [1.807, 2.05) is 24.3 Å². The van der Waals surface area contributed by atoms with Gasteiger partial charge in [-0.3, -0.25) is 14.2 Å². The molecule has 1 N–H and O–H groups in total. The highest BCUT2D eigenvalue weighted by Gasteiger charge is 2.26. The summed E-state index contributed by atoms with van der Waals surface area (Å²) in [5, 5.41) is 0. The quantitative estimate of drug-likeness (QED) is 0.719. The first-order valence-electron chi connectivity index (χ1n) is 9.72. The number of nitrogens with zero attached hydrogens (tertiary/aromatic N) is 2. The van der Waals surface area contributed by atoms with E-state index in [1.54, 1.807) is 23.1 Å². The van der Waals surface area contributed by atoms with Crippen LogP contribution in [-0.2, 0) is 13.0 Å². The second-order valence-corrected chi connectivity index (χ2v) is 7.28. The number of amides is 1. The standard InChI is InChI=1S/C22H19N3O5/c26-20(24-9-3-5-15-4-1-2-6-17(15)24)16-11-23-22(28)25(21(16)27)12-14-7-8-18-19(10-14)30-13-29-18/h1-2,4,6-8,10-11H,3,5,9,12-13H2,(H,23,28). The first kappa shape index (κ1) is 18.2. The normalized spacial score (nSPS) is 14.5. The number of hydrogen-bond acceptors (Lipinski definition) is 5. The molecule has 2 aliphatic heterocycles. The minimum Gasteiger partial charge on any atom is -0.454 e. The van der Waals surface area contributed by atoms with Crippen LogP contribution in [0.2, 0.25) is 0 Å². The zero-order valence-corrected chi connectivity index (χ0v) is 16.1. The smallest absolute Gasteiger partial charge is 0.328 e. The number of ether oxygens (including phenoxy) is 2. The zero-order valence-electron chi connectivity index (χ0n) is 16.1. The molecule has 3 aromatic rings. The van der Waals surface area contributed by atoms with Gasteiger partial charge in [-0.2, -0.15) is 0 Å². The Morgan fingerprint density at radius 2 is 1.90 bits per heavy atom. The molecule has 2 aliphatic rings. The van der Waals surface area contributed by atoms with Gasteiger partial charge in [0.05, 0.1) is 6.54 Å². The van der Waals surface area contributed by atoms with E-state index in [4.69, 9.17) is 9.47 Å². The summed E-state index contributed by atoms with van der Waals surface area (Å²) >= 11 is 0. The van der Waals surface area contributed by atoms with Crippen molar-refractivity contribution in [3.63, 3.8) is 0 Å². The van der Waals surface area contributed by atoms with Crippen molar-refractivity contribution in [2.24, 2.45) is 0 Å². The molecule has 0 atom stereocenters. The maximum Gasteiger partial charge on any atom is 0.328 e. The van der Waals surface area contributed by atoms with Gasteiger partial charge in [0, 0.05) is 18.4 Å². The molecule has 152 valence electrons. The number of fused-ring (bicyclic) bond motifs is 2. The Morgan fingerprint density at radius 1 is 1.07 bits per heavy atom. The summed E-state index contributed by atoms with van der Waals surface area (Å²) in [4.78, 5) is 42.8. The maximum absolute atomic E-state index is 13.2. The van der Waals surface area contributed by atoms with Crippen LogP contribution in [-0.4, -0.2) is 28.8 Å². The van der Waals surface area contributed by atoms with Crippen LogP contribution in [0.1, 0.15) is 27.9 Å². The molecule has 0 bridgehead atoms. The van der Waals surface area contributed by atoms with Crippen molar-refractivity contribution in [1.82, 2.24) is 9.55 Å². The fourth-order valence-corrected chi connectivity index (χ4v) is 3.92. The molecule has 0 radical (unpaired) electrons. The van der Waals surface area contributed by atoms with E-state index in [0.717, 1.165) is 28.7 Å². The third-order valence-corrected chi connectivity index (χ3v) is 5.42. The molecular formula is C22H19N3O5. The van der Waals surface area contributed by atoms with Crippen LogP contribution in [0.3, 0.4) is 0 Å². The summed E-state index contributed by atoms with van der Waals surface area (Å²) < 4.78 is 11.7. The summed E-state index contributed by atoms with van der Waals surface area (Å²) in [5.41, 5.74) is 1.31. The first-order valence-corrected chi connectivity index (χ1v) is 9.72. The fraction of sp³-hybridized carbons (Fsp3) is 0.227. The number of anilines is 1. The molecule has 0 fully saturated rings. The lowest BCUT2D eigenvalue weighted by Gasteiger charge is -2.29. The average Bonchev–Trinajstić information content (AvgIpc) is 3.24. The van der Waals surface area contributed by atoms with Crippen LogP contribution < -0.4 is 25.6 Å². The number of carbonyl (C=O) groups excluding carboxylic acids is 1. The van der Waals surface area contributed by atoms with Crippen molar-refractivity contribution in [3.05, 3.63) is 86.2 Å². The SMILES string of the molecule is O=C(c1c[nH]c(=O)n(Cc2ccc3c(c2)OCO3)c1=O)N1CCCc2ccccc21. The zero-order chi connectivity index (χ0) is 20.7. The number of aromatic amines is 1. The molecule has 8 heteroatoms. The molecule has 0 aliphatic carbocycles. The predicted octanol–water partition coefficient (Wildman–Crippen LogP) is 1.91. The Morgan fingerprint density at radius 3 is 2.80 bits per heavy atom. The fourth-order valence-electron chi connectivity index (χ4n) is 3.92. The summed E-state index contributed by atoms with van der Waals surface area (Å²) in [6.07, 6.45) is 2.91. The number of benzene rings is 2. The van der Waals surface area contributed by atoms with Crippen LogP contribution in [0.4, 0.5) is 5.69 Å². The number of aromatic nitrogens is 2. The number of hydrogen-bond donors (Lipinski definition) is 1. The molecule has 0 saturated heterocycles. The number of nitrogens with one attached hydrogen (secondary N) is 1. The second kappa shape index (κ2) is 7.22. The van der Waals surface area contributed by atoms with Crippen molar-refractivity contribution in [2.75, 3.05) is 18.2 Å². The molecule has 5 rings (SSSR count). The van der Waals surface area contributed by atoms with Gasteiger partial charge in [0.25, 0.3) is 11.5 Å². The number of H-pyrrole nitrogens is 1. The second-order valence-electron chi connectivity index (χ2n) is 7.28. The summed E-state index contributed by atoms with van der Waals surface area (Å²) in [5.74, 6) is 0.768. The number of carbonyl (C=O) groups is 1. The molecule has 0 spiro atoms. The molecule has 0 saturated carbocycles. The van der Waals surface area contributed by atoms with Gasteiger partial charge in [0.2, 0.25) is 6.79 Å². The maximum atomic E-state index is 13.2. The highest BCUT2D eigenvalue weighted by molar-refractivity contribution is 6.06. The van der Waals surface area contributed by atoms with E-state index in [0.29, 0.717) is 23.6 Å². The van der Waals surface area contributed by atoms with Crippen LogP contribution in [0.5, 0.6) is 11.5 Å². The first-order chi connectivity index (χ1) is 14.6. The minimum atomic E-state index is -0.621. The Kier molecular flexibility index (Phi) is 4.39. The minimum absolute atomic E-state index is 0.0164. The van der Waals surface area contributed by atoms with E-state index in [1.165, 1.54) is 6.20 Å². The van der Waals surface area contributed by atoms with Gasteiger partial charge in [0.15, 0.2) is 11.5 Å². The molecule has 30 heavy (non-hydrogen) atoms. The third kappa shape index (κ3) is 3.06. The summed E-state index contributed by atoms with van der Waals surface area (Å²) in [7, 11) is 0. The van der Waals surface area contributed by atoms with Crippen molar-refractivity contribution >= 4 is 11.6 Å². The van der Waals surface area contributed by atoms with Gasteiger partial charge in [-0.15, -0.1) is 0 Å². The Bertz CT molecular complexity index is 1260. The molecule has 0 unspecified atom stereocenters. The average molecular weight is 405 g/mol. The van der Waals surface area contributed by atoms with E-state index < -0.39 is 17.2 Å². The number of para-hydroxylation sites is 1. The summed E-state index contributed by atoms with van der Waals surface area (Å²) in [6, 6.07) is 12.9. The molecule has 1 amide bonds. The van der Waals surface area contributed by atoms with E-state index in [2.05, 4.69) is 4.98 Å². The van der Waals surface area contributed by atoms with Crippen LogP contribution >= 0.6 is 0 Å². The van der Waals surface area contributed by atoms with Crippen LogP contribution in [0, 0.1) is 0 Å². The number of aryl methyl sites for hydroxylation is 1. The molecular weight excluding hydrogens is 386 g/mol. The van der Waals surface area contributed by atoms with E-state index >= 15 is 0 Å². The molecule has 1 aromatic heterocycles. The lowest BCUT2D eigenvalue weighted by atomic mass is 10.0. The number of rotatable bonds is 3. The van der Waals surface area contributed by atoms with Gasteiger partial charge in [-0.25, -0.2) is 4.79 Å². The highest BCUT2D eigenvalue weighted by atomic mass is 16.7. The Labute approximate surface area is 171 Å². The van der Waals surface area contributed by atoms with Gasteiger partial charge in [-0.05, 0) is 42.2 Å². The molecule has 3 heterocycles. The van der Waals surface area contributed by atoms with Gasteiger partial charge in [-0.1, -0.05) is 24.3 Å².